The first-order valence-corrected chi connectivity index (χ1v) is 15.6. The number of nitrogens with one attached hydrogen (secondary N) is 1. The average molecular weight is 629 g/mol. The highest BCUT2D eigenvalue weighted by Gasteiger charge is 2.49. The number of hydrogen-bond donors (Lipinski definition) is 1. The maximum absolute atomic E-state index is 14.2. The van der Waals surface area contributed by atoms with Gasteiger partial charge in [0.05, 0.1) is 10.9 Å². The Hall–Kier alpha value is -4.78. The molecule has 1 spiro atoms. The third kappa shape index (κ3) is 4.63. The maximum Gasteiger partial charge on any atom is 0.234 e. The van der Waals surface area contributed by atoms with Crippen LogP contribution in [0.1, 0.15) is 29.5 Å². The molecule has 5 aromatic carbocycles. The molecule has 0 radical (unpaired) electrons. The number of carbonyl (C=O) groups excluding carboxylic acids is 1. The molecule has 1 aromatic heterocycles. The molecule has 0 saturated carbocycles. The first-order valence-electron chi connectivity index (χ1n) is 15.6. The summed E-state index contributed by atoms with van der Waals surface area (Å²) >= 11 is 0. The predicted octanol–water partition coefficient (Wildman–Crippen LogP) is 7.82. The van der Waals surface area contributed by atoms with Crippen molar-refractivity contribution in [2.75, 3.05) is 24.5 Å². The van der Waals surface area contributed by atoms with Crippen LogP contribution in [0.25, 0.3) is 22.2 Å². The molecule has 0 aliphatic carbocycles. The summed E-state index contributed by atoms with van der Waals surface area (Å²) in [5.41, 5.74) is 5.37. The number of carbonyl (C=O) groups is 1. The average Bonchev–Trinajstić information content (AvgIpc) is 3.82. The zero-order valence-corrected chi connectivity index (χ0v) is 26.1. The van der Waals surface area contributed by atoms with Crippen molar-refractivity contribution in [2.45, 2.75) is 18.4 Å². The zero-order valence-electron chi connectivity index (χ0n) is 25.3. The number of nitrogens with zero attached hydrogens (tertiary/aromatic N) is 3. The van der Waals surface area contributed by atoms with Gasteiger partial charge in [0.2, 0.25) is 5.91 Å². The molecule has 5 nitrogen and oxygen atoms in total. The van der Waals surface area contributed by atoms with Gasteiger partial charge in [0, 0.05) is 29.7 Å². The quantitative estimate of drug-likeness (QED) is 0.191. The van der Waals surface area contributed by atoms with E-state index in [4.69, 9.17) is 5.10 Å². The molecule has 1 amide bonds. The Balaban J connectivity index is 0.00000338. The van der Waals surface area contributed by atoms with Gasteiger partial charge in [-0.15, -0.1) is 12.4 Å². The molecule has 6 aromatic rings. The van der Waals surface area contributed by atoms with Gasteiger partial charge in [-0.05, 0) is 78.5 Å². The van der Waals surface area contributed by atoms with E-state index in [-0.39, 0.29) is 29.5 Å². The fourth-order valence-electron chi connectivity index (χ4n) is 7.46. The molecule has 2 fully saturated rings. The van der Waals surface area contributed by atoms with Crippen molar-refractivity contribution in [1.82, 2.24) is 15.1 Å². The van der Waals surface area contributed by atoms with Crippen LogP contribution < -0.4 is 10.2 Å². The molecule has 7 heteroatoms. The Morgan fingerprint density at radius 3 is 1.87 bits per heavy atom. The minimum absolute atomic E-state index is 0. The third-order valence-corrected chi connectivity index (χ3v) is 9.74. The second kappa shape index (κ2) is 11.9. The van der Waals surface area contributed by atoms with Crippen LogP contribution in [-0.4, -0.2) is 35.3 Å². The fraction of sp³-hybridized carbons (Fsp3) is 0.179. The normalized spacial score (nSPS) is 17.9. The lowest BCUT2D eigenvalue weighted by Crippen LogP contribution is -2.38. The van der Waals surface area contributed by atoms with Gasteiger partial charge in [0.1, 0.15) is 17.1 Å². The molecule has 2 saturated heterocycles. The van der Waals surface area contributed by atoms with E-state index in [0.29, 0.717) is 6.54 Å². The summed E-state index contributed by atoms with van der Waals surface area (Å²) in [6, 6.07) is 44.1. The highest BCUT2D eigenvalue weighted by molar-refractivity contribution is 6.03. The lowest BCUT2D eigenvalue weighted by molar-refractivity contribution is -0.124. The summed E-state index contributed by atoms with van der Waals surface area (Å²) in [6.07, 6.45) is 1.72. The smallest absolute Gasteiger partial charge is 0.234 e. The molecular weight excluding hydrogens is 595 g/mol. The van der Waals surface area contributed by atoms with E-state index in [0.717, 1.165) is 70.5 Å². The van der Waals surface area contributed by atoms with E-state index in [1.165, 1.54) is 12.1 Å². The first-order chi connectivity index (χ1) is 22.1. The highest BCUT2D eigenvalue weighted by atomic mass is 35.5. The van der Waals surface area contributed by atoms with E-state index in [1.807, 2.05) is 23.1 Å². The number of hydrogen-bond acceptors (Lipinski definition) is 3. The van der Waals surface area contributed by atoms with Crippen LogP contribution in [0, 0.1) is 11.2 Å². The number of rotatable bonds is 6. The summed E-state index contributed by atoms with van der Waals surface area (Å²) in [4.78, 5) is 15.7. The molecule has 2 aliphatic heterocycles. The Bertz CT molecular complexity index is 1890. The lowest BCUT2D eigenvalue weighted by Gasteiger charge is -2.37. The van der Waals surface area contributed by atoms with Gasteiger partial charge in [-0.25, -0.2) is 9.07 Å². The van der Waals surface area contributed by atoms with Crippen LogP contribution in [0.15, 0.2) is 133 Å². The number of benzene rings is 5. The molecule has 2 aliphatic rings. The van der Waals surface area contributed by atoms with Crippen LogP contribution in [0.4, 0.5) is 10.1 Å². The minimum atomic E-state index is -0.829. The Morgan fingerprint density at radius 1 is 0.739 bits per heavy atom. The fourth-order valence-corrected chi connectivity index (χ4v) is 7.46. The van der Waals surface area contributed by atoms with E-state index in [1.54, 1.807) is 12.1 Å². The van der Waals surface area contributed by atoms with Gasteiger partial charge < -0.3 is 10.2 Å². The molecule has 0 unspecified atom stereocenters. The summed E-state index contributed by atoms with van der Waals surface area (Å²) < 4.78 is 16.3. The van der Waals surface area contributed by atoms with Gasteiger partial charge in [-0.3, -0.25) is 4.79 Å². The van der Waals surface area contributed by atoms with E-state index < -0.39 is 5.54 Å². The monoisotopic (exact) mass is 628 g/mol. The Kier molecular flexibility index (Phi) is 7.71. The molecule has 3 heterocycles. The number of anilines is 1. The Morgan fingerprint density at radius 2 is 1.33 bits per heavy atom. The van der Waals surface area contributed by atoms with E-state index in [2.05, 4.69) is 101 Å². The van der Waals surface area contributed by atoms with Crippen molar-refractivity contribution < 1.29 is 9.18 Å². The Labute approximate surface area is 274 Å². The predicted molar refractivity (Wildman–Crippen MR) is 184 cm³/mol. The highest BCUT2D eigenvalue weighted by Crippen LogP contribution is 2.45. The number of amides is 1. The van der Waals surface area contributed by atoms with E-state index in [9.17, 15) is 9.18 Å². The second-order valence-electron chi connectivity index (χ2n) is 12.2. The topological polar surface area (TPSA) is 50.2 Å². The van der Waals surface area contributed by atoms with Crippen LogP contribution in [0.5, 0.6) is 0 Å². The van der Waals surface area contributed by atoms with Crippen molar-refractivity contribution in [3.05, 3.63) is 156 Å². The van der Waals surface area contributed by atoms with Gasteiger partial charge in [-0.1, -0.05) is 91.0 Å². The number of fused-ring (bicyclic) bond motifs is 1. The lowest BCUT2D eigenvalue weighted by atomic mass is 9.77. The number of aromatic nitrogens is 2. The molecular formula is C39H34ClFN4O. The minimum Gasteiger partial charge on any atom is -0.316 e. The van der Waals surface area contributed by atoms with Crippen molar-refractivity contribution in [1.29, 1.82) is 0 Å². The van der Waals surface area contributed by atoms with Crippen molar-refractivity contribution in [2.24, 2.45) is 5.41 Å². The van der Waals surface area contributed by atoms with Crippen molar-refractivity contribution in [3.63, 3.8) is 0 Å². The largest absolute Gasteiger partial charge is 0.316 e. The van der Waals surface area contributed by atoms with Crippen LogP contribution >= 0.6 is 12.4 Å². The SMILES string of the molecule is Cl.O=C1N(c2ccc3c(c2)c(-c2ccc(F)cc2)nn3C(c2ccccc2)(c2ccccc2)c2ccccc2)CC[C@]12CCNC2. The standard InChI is InChI=1S/C39H33FN4O.ClH/c40-32-18-16-28(17-19-32)36-34-26-33(43-25-23-38(37(43)45)22-24-41-27-38)20-21-35(34)44(42-36)39(29-10-4-1-5-11-29,30-12-6-2-7-13-30)31-14-8-3-9-15-31;/h1-21,26,41H,22-25,27H2;1H/t38-;/m0./s1. The molecule has 8 rings (SSSR count). The molecule has 1 atom stereocenters. The van der Waals surface area contributed by atoms with Gasteiger partial charge in [0.15, 0.2) is 0 Å². The summed E-state index contributed by atoms with van der Waals surface area (Å²) in [5.74, 6) is -0.108. The van der Waals surface area contributed by atoms with Crippen LogP contribution in [-0.2, 0) is 10.3 Å². The van der Waals surface area contributed by atoms with E-state index >= 15 is 0 Å². The van der Waals surface area contributed by atoms with Crippen LogP contribution in [0.2, 0.25) is 0 Å². The molecule has 1 N–H and O–H groups in total. The van der Waals surface area contributed by atoms with Crippen LogP contribution in [0.3, 0.4) is 0 Å². The molecule has 46 heavy (non-hydrogen) atoms. The molecule has 0 bridgehead atoms. The van der Waals surface area contributed by atoms with Gasteiger partial charge in [0.25, 0.3) is 0 Å². The summed E-state index contributed by atoms with van der Waals surface area (Å²) in [7, 11) is 0. The van der Waals surface area contributed by atoms with Gasteiger partial charge in [-0.2, -0.15) is 5.10 Å². The zero-order chi connectivity index (χ0) is 30.4. The third-order valence-electron chi connectivity index (χ3n) is 9.74. The molecule has 230 valence electrons. The first kappa shape index (κ1) is 29.9. The van der Waals surface area contributed by atoms with Gasteiger partial charge >= 0.3 is 0 Å². The van der Waals surface area contributed by atoms with Crippen molar-refractivity contribution in [3.8, 4) is 11.3 Å². The summed E-state index contributed by atoms with van der Waals surface area (Å²) in [5, 5.41) is 9.73. The van der Waals surface area contributed by atoms with Crippen molar-refractivity contribution >= 4 is 34.9 Å². The maximum atomic E-state index is 14.2. The summed E-state index contributed by atoms with van der Waals surface area (Å²) in [6.45, 7) is 2.30. The second-order valence-corrected chi connectivity index (χ2v) is 12.2. The number of halogens is 2.